The number of piperidine rings is 1. The lowest BCUT2D eigenvalue weighted by Crippen LogP contribution is -2.31. The van der Waals surface area contributed by atoms with E-state index in [0.717, 1.165) is 31.7 Å². The second kappa shape index (κ2) is 14.8. The van der Waals surface area contributed by atoms with Crippen molar-refractivity contribution in [2.75, 3.05) is 65.3 Å². The van der Waals surface area contributed by atoms with Crippen molar-refractivity contribution < 1.29 is 9.59 Å². The highest BCUT2D eigenvalue weighted by molar-refractivity contribution is 6.18. The van der Waals surface area contributed by atoms with Crippen molar-refractivity contribution in [2.24, 2.45) is 0 Å². The molecular formula is C26H35Cl2N5O2. The van der Waals surface area contributed by atoms with Gasteiger partial charge in [-0.05, 0) is 81.4 Å². The Morgan fingerprint density at radius 2 is 1.46 bits per heavy atom. The van der Waals surface area contributed by atoms with Crippen molar-refractivity contribution in [1.29, 1.82) is 0 Å². The minimum Gasteiger partial charge on any atom is -0.369 e. The number of urea groups is 1. The highest BCUT2D eigenvalue weighted by Crippen LogP contribution is 2.20. The first-order valence-electron chi connectivity index (χ1n) is 12.2. The smallest absolute Gasteiger partial charge is 0.323 e. The zero-order chi connectivity index (χ0) is 24.9. The molecule has 0 radical (unpaired) electrons. The van der Waals surface area contributed by atoms with E-state index in [1.165, 1.54) is 19.3 Å². The number of alkyl halides is 2. The van der Waals surface area contributed by atoms with Gasteiger partial charge in [-0.15, -0.1) is 23.2 Å². The van der Waals surface area contributed by atoms with Gasteiger partial charge in [-0.2, -0.15) is 0 Å². The summed E-state index contributed by atoms with van der Waals surface area (Å²) in [6.45, 7) is 4.65. The zero-order valence-electron chi connectivity index (χ0n) is 20.1. The van der Waals surface area contributed by atoms with Gasteiger partial charge in [-0.3, -0.25) is 4.79 Å². The van der Waals surface area contributed by atoms with E-state index in [4.69, 9.17) is 23.2 Å². The van der Waals surface area contributed by atoms with E-state index in [9.17, 15) is 9.59 Å². The number of benzene rings is 2. The Bertz CT molecular complexity index is 930. The third-order valence-corrected chi connectivity index (χ3v) is 6.27. The summed E-state index contributed by atoms with van der Waals surface area (Å²) < 4.78 is 0. The van der Waals surface area contributed by atoms with Crippen molar-refractivity contribution in [3.8, 4) is 0 Å². The molecule has 0 aliphatic carbocycles. The largest absolute Gasteiger partial charge is 0.369 e. The van der Waals surface area contributed by atoms with E-state index in [1.807, 2.05) is 30.3 Å². The van der Waals surface area contributed by atoms with Crippen LogP contribution in [0.3, 0.4) is 0 Å². The predicted molar refractivity (Wildman–Crippen MR) is 147 cm³/mol. The Morgan fingerprint density at radius 1 is 0.829 bits per heavy atom. The van der Waals surface area contributed by atoms with E-state index in [2.05, 4.69) is 25.8 Å². The molecule has 0 unspecified atom stereocenters. The van der Waals surface area contributed by atoms with Gasteiger partial charge in [0.2, 0.25) is 5.91 Å². The molecule has 0 spiro atoms. The minimum absolute atomic E-state index is 0.0129. The first-order chi connectivity index (χ1) is 17.1. The van der Waals surface area contributed by atoms with Crippen LogP contribution in [0.15, 0.2) is 48.5 Å². The molecule has 2 aromatic carbocycles. The van der Waals surface area contributed by atoms with E-state index >= 15 is 0 Å². The Labute approximate surface area is 218 Å². The molecule has 3 rings (SSSR count). The number of nitrogens with one attached hydrogen (secondary N) is 3. The minimum atomic E-state index is -0.360. The molecule has 0 bridgehead atoms. The maximum atomic E-state index is 12.5. The van der Waals surface area contributed by atoms with Gasteiger partial charge in [0.05, 0.1) is 0 Å². The molecule has 0 aromatic heterocycles. The number of hydrogen-bond donors (Lipinski definition) is 3. The molecule has 1 fully saturated rings. The molecule has 3 N–H and O–H groups in total. The molecule has 35 heavy (non-hydrogen) atoms. The van der Waals surface area contributed by atoms with Crippen LogP contribution in [0.2, 0.25) is 0 Å². The summed E-state index contributed by atoms with van der Waals surface area (Å²) in [7, 11) is 0. The number of nitrogens with zero attached hydrogens (tertiary/aromatic N) is 2. The molecule has 1 aliphatic heterocycles. The van der Waals surface area contributed by atoms with Crippen LogP contribution in [0.1, 0.15) is 32.1 Å². The fourth-order valence-electron chi connectivity index (χ4n) is 4.17. The van der Waals surface area contributed by atoms with Crippen LogP contribution in [0.25, 0.3) is 0 Å². The lowest BCUT2D eigenvalue weighted by Gasteiger charge is -2.26. The van der Waals surface area contributed by atoms with Crippen molar-refractivity contribution in [2.45, 2.75) is 32.1 Å². The first kappa shape index (κ1) is 27.1. The van der Waals surface area contributed by atoms with Crippen LogP contribution < -0.4 is 20.9 Å². The molecule has 1 saturated heterocycles. The number of carbonyl (C=O) groups excluding carboxylic acids is 2. The number of carbonyl (C=O) groups is 2. The molecule has 0 saturated carbocycles. The average Bonchev–Trinajstić information content (AvgIpc) is 2.85. The number of likely N-dealkylation sites (tertiary alicyclic amines) is 1. The number of anilines is 4. The molecule has 1 heterocycles. The van der Waals surface area contributed by atoms with Crippen LogP contribution in [-0.2, 0) is 4.79 Å². The molecule has 9 heteroatoms. The maximum absolute atomic E-state index is 12.5. The van der Waals surface area contributed by atoms with Crippen molar-refractivity contribution in [3.63, 3.8) is 0 Å². The fraction of sp³-hybridized carbons (Fsp3) is 0.462. The van der Waals surface area contributed by atoms with E-state index in [1.54, 1.807) is 18.2 Å². The fourth-order valence-corrected chi connectivity index (χ4v) is 4.58. The Balaban J connectivity index is 1.45. The monoisotopic (exact) mass is 519 g/mol. The highest BCUT2D eigenvalue weighted by Gasteiger charge is 2.11. The van der Waals surface area contributed by atoms with Crippen LogP contribution >= 0.6 is 23.2 Å². The predicted octanol–water partition coefficient (Wildman–Crippen LogP) is 5.82. The third kappa shape index (κ3) is 9.59. The van der Waals surface area contributed by atoms with Crippen molar-refractivity contribution in [1.82, 2.24) is 4.90 Å². The summed E-state index contributed by atoms with van der Waals surface area (Å²) in [4.78, 5) is 29.3. The van der Waals surface area contributed by atoms with Crippen LogP contribution in [0.4, 0.5) is 27.5 Å². The van der Waals surface area contributed by atoms with Gasteiger partial charge in [0.15, 0.2) is 0 Å². The summed E-state index contributed by atoms with van der Waals surface area (Å²) in [5.41, 5.74) is 2.92. The van der Waals surface area contributed by atoms with Gasteiger partial charge in [-0.1, -0.05) is 12.5 Å². The van der Waals surface area contributed by atoms with Gasteiger partial charge in [0.25, 0.3) is 0 Å². The van der Waals surface area contributed by atoms with Gasteiger partial charge in [0, 0.05) is 54.0 Å². The van der Waals surface area contributed by atoms with Crippen molar-refractivity contribution in [3.05, 3.63) is 48.5 Å². The SMILES string of the molecule is O=C(CCCN1CCCCC1)Nc1cccc(NC(=O)Nc2ccc(N(CCCl)CCCl)cc2)c1. The van der Waals surface area contributed by atoms with Gasteiger partial charge in [-0.25, -0.2) is 4.79 Å². The number of hydrogen-bond acceptors (Lipinski definition) is 4. The molecule has 3 amide bonds. The van der Waals surface area contributed by atoms with Gasteiger partial charge >= 0.3 is 6.03 Å². The third-order valence-electron chi connectivity index (χ3n) is 5.93. The zero-order valence-corrected chi connectivity index (χ0v) is 21.6. The molecule has 0 atom stereocenters. The van der Waals surface area contributed by atoms with E-state index < -0.39 is 0 Å². The Kier molecular flexibility index (Phi) is 11.5. The summed E-state index contributed by atoms with van der Waals surface area (Å²) >= 11 is 11.7. The molecular weight excluding hydrogens is 485 g/mol. The van der Waals surface area contributed by atoms with Crippen LogP contribution in [0.5, 0.6) is 0 Å². The number of amides is 3. The van der Waals surface area contributed by atoms with E-state index in [-0.39, 0.29) is 11.9 Å². The summed E-state index contributed by atoms with van der Waals surface area (Å²) in [5.74, 6) is 1.01. The Morgan fingerprint density at radius 3 is 2.11 bits per heavy atom. The average molecular weight is 521 g/mol. The normalized spacial score (nSPS) is 13.8. The summed E-state index contributed by atoms with van der Waals surface area (Å²) in [6, 6.07) is 14.3. The lowest BCUT2D eigenvalue weighted by molar-refractivity contribution is -0.116. The second-order valence-electron chi connectivity index (χ2n) is 8.63. The molecule has 1 aliphatic rings. The van der Waals surface area contributed by atoms with Crippen LogP contribution in [-0.4, -0.2) is 61.3 Å². The molecule has 7 nitrogen and oxygen atoms in total. The summed E-state index contributed by atoms with van der Waals surface area (Å²) in [6.07, 6.45) is 5.16. The standard InChI is InChI=1S/C26H35Cl2N5O2/c27-13-18-33(19-14-28)24-11-9-21(10-12-24)30-26(35)31-23-7-4-6-22(20-23)29-25(34)8-5-17-32-15-2-1-3-16-32/h4,6-7,9-12,20H,1-3,5,8,13-19H2,(H,29,34)(H2,30,31,35). The van der Waals surface area contributed by atoms with Gasteiger partial charge in [0.1, 0.15) is 0 Å². The quantitative estimate of drug-likeness (QED) is 0.309. The highest BCUT2D eigenvalue weighted by atomic mass is 35.5. The van der Waals surface area contributed by atoms with Gasteiger partial charge < -0.3 is 25.8 Å². The van der Waals surface area contributed by atoms with Crippen molar-refractivity contribution >= 4 is 57.9 Å². The van der Waals surface area contributed by atoms with Crippen LogP contribution in [0, 0.1) is 0 Å². The number of rotatable bonds is 12. The molecule has 190 valence electrons. The molecule has 2 aromatic rings. The number of halogens is 2. The Hall–Kier alpha value is -2.48. The summed E-state index contributed by atoms with van der Waals surface area (Å²) in [5, 5.41) is 8.57. The maximum Gasteiger partial charge on any atom is 0.323 e. The second-order valence-corrected chi connectivity index (χ2v) is 9.38. The lowest BCUT2D eigenvalue weighted by atomic mass is 10.1. The first-order valence-corrected chi connectivity index (χ1v) is 13.3. The van der Waals surface area contributed by atoms with E-state index in [0.29, 0.717) is 48.3 Å². The topological polar surface area (TPSA) is 76.7 Å².